The summed E-state index contributed by atoms with van der Waals surface area (Å²) in [5.41, 5.74) is 1.32. The maximum absolute atomic E-state index is 13.1. The van der Waals surface area contributed by atoms with E-state index in [1.54, 1.807) is 18.2 Å². The van der Waals surface area contributed by atoms with Crippen LogP contribution in [0.5, 0.6) is 0 Å². The van der Waals surface area contributed by atoms with Gasteiger partial charge in [-0.1, -0.05) is 31.1 Å². The van der Waals surface area contributed by atoms with Crippen molar-refractivity contribution in [2.24, 2.45) is 17.8 Å². The van der Waals surface area contributed by atoms with E-state index in [4.69, 9.17) is 0 Å². The molecule has 0 spiro atoms. The van der Waals surface area contributed by atoms with Crippen molar-refractivity contribution in [3.05, 3.63) is 48.1 Å². The molecule has 0 radical (unpaired) electrons. The van der Waals surface area contributed by atoms with Crippen LogP contribution in [-0.4, -0.2) is 0 Å². The van der Waals surface area contributed by atoms with Crippen LogP contribution in [0.1, 0.15) is 75.7 Å². The van der Waals surface area contributed by atoms with Crippen LogP contribution in [0.25, 0.3) is 0 Å². The van der Waals surface area contributed by atoms with E-state index in [1.807, 2.05) is 12.1 Å². The lowest BCUT2D eigenvalue weighted by Gasteiger charge is -2.38. The summed E-state index contributed by atoms with van der Waals surface area (Å²) in [6.45, 7) is 0. The van der Waals surface area contributed by atoms with Gasteiger partial charge in [0.15, 0.2) is 0 Å². The zero-order valence-corrected chi connectivity index (χ0v) is 14.6. The summed E-state index contributed by atoms with van der Waals surface area (Å²) in [5.74, 6) is 3.12. The van der Waals surface area contributed by atoms with Crippen LogP contribution in [0, 0.1) is 23.6 Å². The largest absolute Gasteiger partial charge is 0.216 e. The lowest BCUT2D eigenvalue weighted by Crippen LogP contribution is -2.25. The number of hydrogen-bond acceptors (Lipinski definition) is 0. The average Bonchev–Trinajstić information content (AvgIpc) is 2.63. The third-order valence-corrected chi connectivity index (χ3v) is 6.50. The van der Waals surface area contributed by atoms with Crippen molar-refractivity contribution in [3.63, 3.8) is 0 Å². The minimum absolute atomic E-state index is 0.133. The summed E-state index contributed by atoms with van der Waals surface area (Å²) >= 11 is 0. The van der Waals surface area contributed by atoms with Crippen LogP contribution in [0.2, 0.25) is 0 Å². The molecule has 24 heavy (non-hydrogen) atoms. The molecule has 2 fully saturated rings. The Morgan fingerprint density at radius 2 is 1.42 bits per heavy atom. The number of hydrogen-bond donors (Lipinski definition) is 0. The van der Waals surface area contributed by atoms with Crippen LogP contribution < -0.4 is 0 Å². The minimum atomic E-state index is -0.133. The first-order chi connectivity index (χ1) is 11.8. The molecule has 1 aromatic rings. The number of halogens is 2. The molecule has 0 bridgehead atoms. The van der Waals surface area contributed by atoms with Gasteiger partial charge in [0.25, 0.3) is 0 Å². The monoisotopic (exact) mass is 332 g/mol. The molecule has 2 aliphatic rings. The van der Waals surface area contributed by atoms with Crippen molar-refractivity contribution in [1.82, 2.24) is 0 Å². The number of benzene rings is 1. The smallest absolute Gasteiger partial charge is 0.123 e. The summed E-state index contributed by atoms with van der Waals surface area (Å²) < 4.78 is 25.1. The first kappa shape index (κ1) is 17.6. The molecular formula is C22H30F2. The van der Waals surface area contributed by atoms with Crippen molar-refractivity contribution < 1.29 is 8.78 Å². The molecule has 1 aromatic carbocycles. The van der Waals surface area contributed by atoms with Crippen molar-refractivity contribution in [2.75, 3.05) is 0 Å². The number of allylic oxidation sites excluding steroid dienone is 1. The van der Waals surface area contributed by atoms with Crippen molar-refractivity contribution in [2.45, 2.75) is 70.1 Å². The Morgan fingerprint density at radius 1 is 0.833 bits per heavy atom. The van der Waals surface area contributed by atoms with Gasteiger partial charge in [0, 0.05) is 0 Å². The fraction of sp³-hybridized carbons (Fsp3) is 0.636. The van der Waals surface area contributed by atoms with Crippen molar-refractivity contribution >= 4 is 0 Å². The summed E-state index contributed by atoms with van der Waals surface area (Å²) in [5, 5.41) is 0. The topological polar surface area (TPSA) is 0 Å². The molecule has 0 N–H and O–H groups in total. The third kappa shape index (κ3) is 4.68. The molecule has 0 heterocycles. The first-order valence-corrected chi connectivity index (χ1v) is 9.77. The van der Waals surface area contributed by atoms with E-state index >= 15 is 0 Å². The summed E-state index contributed by atoms with van der Waals surface area (Å²) in [6.07, 6.45) is 15.0. The Bertz CT molecular complexity index is 503. The average molecular weight is 332 g/mol. The molecule has 2 aliphatic carbocycles. The molecular weight excluding hydrogens is 302 g/mol. The van der Waals surface area contributed by atoms with Crippen LogP contribution >= 0.6 is 0 Å². The minimum Gasteiger partial charge on any atom is -0.216 e. The Morgan fingerprint density at radius 3 is 2.00 bits per heavy atom. The molecule has 0 aromatic heterocycles. The Balaban J connectivity index is 1.42. The molecule has 0 nitrogen and oxygen atoms in total. The molecule has 2 saturated carbocycles. The van der Waals surface area contributed by atoms with E-state index in [2.05, 4.69) is 0 Å². The standard InChI is InChI=1S/C22H30F2/c23-16-2-1-3-17-4-6-18(7-5-17)19-8-10-20(11-9-19)21-12-14-22(24)15-13-21/h2,12-20H,1,3-11H2/b16-2+. The van der Waals surface area contributed by atoms with Crippen LogP contribution in [0.4, 0.5) is 8.78 Å². The predicted molar refractivity (Wildman–Crippen MR) is 96.0 cm³/mol. The van der Waals surface area contributed by atoms with Gasteiger partial charge < -0.3 is 0 Å². The van der Waals surface area contributed by atoms with Gasteiger partial charge in [-0.05, 0) is 92.7 Å². The zero-order chi connectivity index (χ0) is 16.8. The maximum atomic E-state index is 13.1. The normalized spacial score (nSPS) is 31.4. The second kappa shape index (κ2) is 8.78. The van der Waals surface area contributed by atoms with Gasteiger partial charge in [-0.3, -0.25) is 0 Å². The summed E-state index contributed by atoms with van der Waals surface area (Å²) in [6, 6.07) is 7.14. The third-order valence-electron chi connectivity index (χ3n) is 6.50. The van der Waals surface area contributed by atoms with Gasteiger partial charge >= 0.3 is 0 Å². The predicted octanol–water partition coefficient (Wildman–Crippen LogP) is 7.17. The fourth-order valence-corrected chi connectivity index (χ4v) is 5.00. The summed E-state index contributed by atoms with van der Waals surface area (Å²) in [4.78, 5) is 0. The maximum Gasteiger partial charge on any atom is 0.123 e. The summed E-state index contributed by atoms with van der Waals surface area (Å²) in [7, 11) is 0. The Hall–Kier alpha value is -1.18. The molecule has 0 atom stereocenters. The van der Waals surface area contributed by atoms with Crippen molar-refractivity contribution in [3.8, 4) is 0 Å². The molecule has 132 valence electrons. The SMILES string of the molecule is F/C=C/CCC1CCC(C2CCC(c3ccc(F)cc3)CC2)CC1. The lowest BCUT2D eigenvalue weighted by molar-refractivity contribution is 0.157. The lowest BCUT2D eigenvalue weighted by atomic mass is 9.68. The Labute approximate surface area is 145 Å². The number of rotatable bonds is 5. The fourth-order valence-electron chi connectivity index (χ4n) is 5.00. The van der Waals surface area contributed by atoms with Crippen molar-refractivity contribution in [1.29, 1.82) is 0 Å². The highest BCUT2D eigenvalue weighted by Gasteiger charge is 2.31. The second-order valence-corrected chi connectivity index (χ2v) is 7.88. The highest BCUT2D eigenvalue weighted by molar-refractivity contribution is 5.20. The second-order valence-electron chi connectivity index (χ2n) is 7.88. The van der Waals surface area contributed by atoms with Crippen LogP contribution in [0.3, 0.4) is 0 Å². The molecule has 3 rings (SSSR count). The van der Waals surface area contributed by atoms with E-state index in [0.29, 0.717) is 12.2 Å². The van der Waals surface area contributed by atoms with Crippen LogP contribution in [-0.2, 0) is 0 Å². The Kier molecular flexibility index (Phi) is 6.45. The van der Waals surface area contributed by atoms with E-state index in [9.17, 15) is 8.78 Å². The van der Waals surface area contributed by atoms with Gasteiger partial charge in [-0.15, -0.1) is 0 Å². The van der Waals surface area contributed by atoms with E-state index < -0.39 is 0 Å². The zero-order valence-electron chi connectivity index (χ0n) is 14.6. The van der Waals surface area contributed by atoms with Gasteiger partial charge in [0.2, 0.25) is 0 Å². The quantitative estimate of drug-likeness (QED) is 0.536. The van der Waals surface area contributed by atoms with Crippen LogP contribution in [0.15, 0.2) is 36.7 Å². The molecule has 0 aliphatic heterocycles. The molecule has 2 heteroatoms. The van der Waals surface area contributed by atoms with E-state index in [-0.39, 0.29) is 5.82 Å². The highest BCUT2D eigenvalue weighted by Crippen LogP contribution is 2.44. The molecule has 0 unspecified atom stereocenters. The van der Waals surface area contributed by atoms with Gasteiger partial charge in [-0.25, -0.2) is 8.78 Å². The van der Waals surface area contributed by atoms with Gasteiger partial charge in [0.05, 0.1) is 6.33 Å². The van der Waals surface area contributed by atoms with Gasteiger partial charge in [-0.2, -0.15) is 0 Å². The molecule has 0 saturated heterocycles. The van der Waals surface area contributed by atoms with E-state index in [0.717, 1.165) is 30.6 Å². The van der Waals surface area contributed by atoms with E-state index in [1.165, 1.54) is 56.9 Å². The molecule has 0 amide bonds. The highest BCUT2D eigenvalue weighted by atomic mass is 19.1. The van der Waals surface area contributed by atoms with Gasteiger partial charge in [0.1, 0.15) is 5.82 Å². The first-order valence-electron chi connectivity index (χ1n) is 9.77.